The fraction of sp³-hybridized carbons (Fsp3) is 0.786. The summed E-state index contributed by atoms with van der Waals surface area (Å²) in [5.74, 6) is 6.30. The zero-order valence-corrected chi connectivity index (χ0v) is 84.5. The van der Waals surface area contributed by atoms with Crippen LogP contribution in [0.2, 0.25) is 0 Å². The van der Waals surface area contributed by atoms with Crippen molar-refractivity contribution in [2.45, 2.75) is 534 Å². The zero-order chi connectivity index (χ0) is 88.9. The van der Waals surface area contributed by atoms with Crippen LogP contribution in [0, 0.1) is 41.5 Å². The lowest BCUT2D eigenvalue weighted by Crippen LogP contribution is -1.96. The van der Waals surface area contributed by atoms with Crippen LogP contribution < -0.4 is 28.4 Å². The summed E-state index contributed by atoms with van der Waals surface area (Å²) in [6.07, 6.45) is 95.1. The van der Waals surface area contributed by atoms with Crippen molar-refractivity contribution in [1.29, 1.82) is 0 Å². The molecule has 0 saturated carbocycles. The largest absolute Gasteiger partial charge is 0.484 e. The predicted octanol–water partition coefficient (Wildman–Crippen LogP) is 40.4. The Hall–Kier alpha value is -4.68. The molecule has 0 radical (unpaired) electrons. The van der Waals surface area contributed by atoms with Gasteiger partial charge >= 0.3 is 0 Å². The van der Waals surface area contributed by atoms with Crippen molar-refractivity contribution in [1.82, 2.24) is 0 Å². The van der Waals surface area contributed by atoms with Crippen molar-refractivity contribution in [2.24, 2.45) is 0 Å². The van der Waals surface area contributed by atoms with E-state index in [-0.39, 0.29) is 7.43 Å². The fourth-order valence-corrected chi connectivity index (χ4v) is 16.6. The smallest absolute Gasteiger partial charge is 0.284 e. The Morgan fingerprint density at radius 2 is 0.306 bits per heavy atom. The Morgan fingerprint density at radius 3 is 0.427 bits per heavy atom. The quantitative estimate of drug-likeness (QED) is 0.0343. The van der Waals surface area contributed by atoms with Gasteiger partial charge in [0.1, 0.15) is 23.0 Å². The van der Waals surface area contributed by atoms with E-state index < -0.39 is 0 Å². The SMILES string of the molecule is C.CCCCCCCCCCCCCCCCCCOc1ccc(C)s1.CCCCCCCCCCCCCCOc1ccc(C)o1.CCCCCCCCCCCCCCOc1ccc(C)s1.CCCCCCCCCCCCCOc1ccc(C)o1.CCCCCCCCCCCCOc1ccc(C)o1.CCCCCCCCCCOc1ccc(C)o1. The number of rotatable bonds is 81. The molecule has 12 heteroatoms. The molecule has 0 amide bonds. The third kappa shape index (κ3) is 85.4. The number of furan rings is 4. The summed E-state index contributed by atoms with van der Waals surface area (Å²) in [6.45, 7) is 30.6. The second-order valence-electron chi connectivity index (χ2n) is 35.6. The third-order valence-corrected chi connectivity index (χ3v) is 24.8. The van der Waals surface area contributed by atoms with Crippen molar-refractivity contribution in [3.63, 3.8) is 0 Å². The van der Waals surface area contributed by atoms with Crippen LogP contribution in [0.1, 0.15) is 525 Å². The van der Waals surface area contributed by atoms with Gasteiger partial charge in [-0.15, -0.1) is 22.7 Å². The Morgan fingerprint density at radius 1 is 0.169 bits per heavy atom. The molecule has 0 saturated heterocycles. The van der Waals surface area contributed by atoms with Crippen LogP contribution in [0.4, 0.5) is 0 Å². The fourth-order valence-electron chi connectivity index (χ4n) is 15.1. The van der Waals surface area contributed by atoms with Crippen LogP contribution in [-0.2, 0) is 0 Å². The highest BCUT2D eigenvalue weighted by Gasteiger charge is 2.07. The molecule has 0 unspecified atom stereocenters. The van der Waals surface area contributed by atoms with Crippen molar-refractivity contribution in [3.05, 3.63) is 106 Å². The van der Waals surface area contributed by atoms with Gasteiger partial charge in [0.2, 0.25) is 0 Å². The lowest BCUT2D eigenvalue weighted by molar-refractivity contribution is 0.232. The van der Waals surface area contributed by atoms with Gasteiger partial charge in [-0.1, -0.05) is 453 Å². The molecule has 124 heavy (non-hydrogen) atoms. The Kier molecular flexibility index (Phi) is 92.3. The molecular weight excluding hydrogens is 1570 g/mol. The molecule has 0 atom stereocenters. The molecule has 0 aliphatic carbocycles. The van der Waals surface area contributed by atoms with Gasteiger partial charge in [-0.2, -0.15) is 0 Å². The first-order chi connectivity index (χ1) is 60.5. The average Bonchev–Trinajstić information content (AvgIpc) is 1.84. The van der Waals surface area contributed by atoms with Gasteiger partial charge in [-0.25, -0.2) is 0 Å². The van der Waals surface area contributed by atoms with Crippen LogP contribution >= 0.6 is 22.7 Å². The lowest BCUT2D eigenvalue weighted by Gasteiger charge is -2.04. The van der Waals surface area contributed by atoms with Gasteiger partial charge < -0.3 is 46.1 Å². The summed E-state index contributed by atoms with van der Waals surface area (Å²) in [5.41, 5.74) is 0. The van der Waals surface area contributed by atoms with Crippen LogP contribution in [0.3, 0.4) is 0 Å². The third-order valence-electron chi connectivity index (χ3n) is 23.0. The molecule has 0 N–H and O–H groups in total. The molecule has 722 valence electrons. The molecule has 0 aliphatic rings. The van der Waals surface area contributed by atoms with Crippen LogP contribution in [-0.4, -0.2) is 39.6 Å². The Labute approximate surface area is 776 Å². The monoisotopic (exact) mass is 1770 g/mol. The van der Waals surface area contributed by atoms with E-state index in [1.165, 1.54) is 427 Å². The maximum atomic E-state index is 5.76. The summed E-state index contributed by atoms with van der Waals surface area (Å²) in [5, 5.41) is 2.16. The van der Waals surface area contributed by atoms with E-state index in [9.17, 15) is 0 Å². The highest BCUT2D eigenvalue weighted by Crippen LogP contribution is 2.27. The average molecular weight is 1770 g/mol. The van der Waals surface area contributed by atoms with Gasteiger partial charge in [-0.3, -0.25) is 0 Å². The van der Waals surface area contributed by atoms with Crippen LogP contribution in [0.25, 0.3) is 0 Å². The van der Waals surface area contributed by atoms with E-state index in [2.05, 4.69) is 79.7 Å². The zero-order valence-electron chi connectivity index (χ0n) is 82.9. The van der Waals surface area contributed by atoms with Crippen LogP contribution in [0.15, 0.2) is 90.5 Å². The van der Waals surface area contributed by atoms with E-state index in [1.54, 1.807) is 22.7 Å². The summed E-state index contributed by atoms with van der Waals surface area (Å²) in [4.78, 5) is 2.67. The molecule has 6 rings (SSSR count). The molecule has 6 aromatic rings. The predicted molar refractivity (Wildman–Crippen MR) is 544 cm³/mol. The van der Waals surface area contributed by atoms with Gasteiger partial charge in [-0.05, 0) is 129 Å². The van der Waals surface area contributed by atoms with Crippen molar-refractivity contribution in [3.8, 4) is 33.9 Å². The number of hydrogen-bond acceptors (Lipinski definition) is 12. The lowest BCUT2D eigenvalue weighted by atomic mass is 10.0. The summed E-state index contributed by atoms with van der Waals surface area (Å²) in [6, 6.07) is 23.8. The minimum atomic E-state index is 0. The van der Waals surface area contributed by atoms with Gasteiger partial charge in [0.15, 0.2) is 10.1 Å². The van der Waals surface area contributed by atoms with E-state index in [1.807, 2.05) is 76.2 Å². The van der Waals surface area contributed by atoms with Gasteiger partial charge in [0.25, 0.3) is 23.8 Å². The molecule has 0 spiro atoms. The maximum Gasteiger partial charge on any atom is 0.284 e. The van der Waals surface area contributed by atoms with Crippen molar-refractivity contribution < 1.29 is 46.1 Å². The van der Waals surface area contributed by atoms with Gasteiger partial charge in [0, 0.05) is 34.0 Å². The number of ether oxygens (including phenoxy) is 6. The van der Waals surface area contributed by atoms with E-state index in [0.717, 1.165) is 98.5 Å². The topological polar surface area (TPSA) is 108 Å². The van der Waals surface area contributed by atoms with E-state index in [0.29, 0.717) is 23.8 Å². The highest BCUT2D eigenvalue weighted by molar-refractivity contribution is 7.14. The van der Waals surface area contributed by atoms with Crippen LogP contribution in [0.5, 0.6) is 33.9 Å². The molecule has 0 bridgehead atoms. The van der Waals surface area contributed by atoms with Gasteiger partial charge in [0.05, 0.1) is 39.6 Å². The summed E-state index contributed by atoms with van der Waals surface area (Å²) in [7, 11) is 0. The van der Waals surface area contributed by atoms with E-state index in [4.69, 9.17) is 46.1 Å². The second-order valence-corrected chi connectivity index (χ2v) is 38.1. The van der Waals surface area contributed by atoms with E-state index >= 15 is 0 Å². The van der Waals surface area contributed by atoms with Crippen molar-refractivity contribution in [2.75, 3.05) is 39.6 Å². The number of hydrogen-bond donors (Lipinski definition) is 0. The molecule has 6 heterocycles. The molecule has 6 aromatic heterocycles. The molecule has 0 aliphatic heterocycles. The minimum Gasteiger partial charge on any atom is -0.484 e. The number of aryl methyl sites for hydroxylation is 6. The summed E-state index contributed by atoms with van der Waals surface area (Å²) >= 11 is 3.50. The Balaban J connectivity index is 0.00000147. The highest BCUT2D eigenvalue weighted by atomic mass is 32.1. The molecule has 0 aromatic carbocycles. The number of thiophene rings is 2. The maximum absolute atomic E-state index is 5.76. The summed E-state index contributed by atoms with van der Waals surface area (Å²) < 4.78 is 55.0. The van der Waals surface area contributed by atoms with Crippen molar-refractivity contribution >= 4 is 22.7 Å². The second kappa shape index (κ2) is 95.9. The normalized spacial score (nSPS) is 10.8. The molecular formula is C112H202O10S2. The first kappa shape index (κ1) is 119. The number of unbranched alkanes of at least 4 members (excludes halogenated alkanes) is 63. The Bertz CT molecular complexity index is 2890. The molecule has 0 fully saturated rings. The standard InChI is InChI=1S/C23H42OS.C19H34O2.C19H34OS.C18H32O2.C17H30O2.C15H26O2.CH4/c1-3-4-5-6-7-8-9-10-11-12-13-14-15-16-17-18-21-24-23-20-19-22(2)25-23;2*1-3-4-5-6-7-8-9-10-11-12-13-14-17-20-19-16-15-18(2)21-19;1-3-4-5-6-7-8-9-10-11-12-13-16-19-18-15-14-17(2)20-18;1-3-4-5-6-7-8-9-10-11-12-15-18-17-14-13-16(2)19-17;1-3-4-5-6-7-8-9-10-13-16-15-12-11-14(2)17-15;/h19-20H,3-18,21H2,1-2H3;2*15-16H,3-14,17H2,1-2H3;14-15H,3-13,16H2,1-2H3;13-14H,3-12,15H2,1-2H3;11-12H,3-10,13H2,1-2H3;1H4. The molecule has 10 nitrogen and oxygen atoms in total. The minimum absolute atomic E-state index is 0. The first-order valence-corrected chi connectivity index (χ1v) is 54.2. The first-order valence-electron chi connectivity index (χ1n) is 52.6.